The molecule has 1 aromatic carbocycles. The van der Waals surface area contributed by atoms with Crippen molar-refractivity contribution in [2.45, 2.75) is 0 Å². The number of ether oxygens (including phenoxy) is 1. The van der Waals surface area contributed by atoms with E-state index in [0.29, 0.717) is 5.56 Å². The van der Waals surface area contributed by atoms with E-state index in [4.69, 9.17) is 10.00 Å². The molecule has 0 aliphatic carbocycles. The first-order chi connectivity index (χ1) is 5.69. The molecule has 0 N–H and O–H groups in total. The molecule has 0 radical (unpaired) electrons. The molecule has 0 aliphatic heterocycles. The fourth-order valence-corrected chi connectivity index (χ4v) is 1.75. The van der Waals surface area contributed by atoms with Gasteiger partial charge in [-0.3, -0.25) is 0 Å². The van der Waals surface area contributed by atoms with Crippen LogP contribution in [0.15, 0.2) is 16.6 Å². The van der Waals surface area contributed by atoms with Crippen molar-refractivity contribution < 1.29 is 4.74 Å². The molecule has 0 bridgehead atoms. The smallest absolute Gasteiger partial charge is 0.134 e. The van der Waals surface area contributed by atoms with Gasteiger partial charge in [-0.05, 0) is 50.7 Å². The van der Waals surface area contributed by atoms with Gasteiger partial charge >= 0.3 is 0 Å². The van der Waals surface area contributed by atoms with Crippen molar-refractivity contribution in [1.29, 1.82) is 5.26 Å². The number of nitriles is 1. The average molecular weight is 338 g/mol. The molecule has 0 atom stereocenters. The van der Waals surface area contributed by atoms with Crippen LogP contribution in [-0.4, -0.2) is 7.11 Å². The minimum atomic E-state index is 0.596. The fourth-order valence-electron chi connectivity index (χ4n) is 0.777. The van der Waals surface area contributed by atoms with Gasteiger partial charge in [0.2, 0.25) is 0 Å². The first-order valence-corrected chi connectivity index (χ1v) is 4.99. The first-order valence-electron chi connectivity index (χ1n) is 3.12. The number of hydrogen-bond donors (Lipinski definition) is 0. The molecule has 4 heteroatoms. The van der Waals surface area contributed by atoms with E-state index in [1.807, 2.05) is 0 Å². The molecule has 1 aromatic rings. The van der Waals surface area contributed by atoms with Gasteiger partial charge in [-0.15, -0.1) is 0 Å². The molecule has 0 aliphatic rings. The highest BCUT2D eigenvalue weighted by molar-refractivity contribution is 14.1. The molecule has 0 heterocycles. The number of rotatable bonds is 1. The van der Waals surface area contributed by atoms with Crippen LogP contribution in [0.3, 0.4) is 0 Å². The number of benzene rings is 1. The highest BCUT2D eigenvalue weighted by Gasteiger charge is 2.06. The lowest BCUT2D eigenvalue weighted by Gasteiger charge is -2.04. The predicted molar refractivity (Wildman–Crippen MR) is 58.1 cm³/mol. The SMILES string of the molecule is COc1cc(C#N)cc(Br)c1I. The minimum Gasteiger partial charge on any atom is -0.496 e. The van der Waals surface area contributed by atoms with Crippen molar-refractivity contribution in [2.75, 3.05) is 7.11 Å². The van der Waals surface area contributed by atoms with Crippen molar-refractivity contribution in [3.8, 4) is 11.8 Å². The Morgan fingerprint density at radius 2 is 2.25 bits per heavy atom. The van der Waals surface area contributed by atoms with Gasteiger partial charge in [0, 0.05) is 4.47 Å². The normalized spacial score (nSPS) is 9.17. The standard InChI is InChI=1S/C8H5BrINO/c1-12-7-3-5(4-11)2-6(9)8(7)10/h2-3H,1H3. The van der Waals surface area contributed by atoms with E-state index in [2.05, 4.69) is 44.6 Å². The van der Waals surface area contributed by atoms with Crippen molar-refractivity contribution in [3.05, 3.63) is 25.7 Å². The number of methoxy groups -OCH3 is 1. The van der Waals surface area contributed by atoms with Crippen molar-refractivity contribution in [2.24, 2.45) is 0 Å². The van der Waals surface area contributed by atoms with E-state index < -0.39 is 0 Å². The van der Waals surface area contributed by atoms with E-state index in [0.717, 1.165) is 13.8 Å². The third-order valence-electron chi connectivity index (χ3n) is 1.34. The van der Waals surface area contributed by atoms with E-state index in [1.54, 1.807) is 19.2 Å². The van der Waals surface area contributed by atoms with Crippen LogP contribution < -0.4 is 4.74 Å². The summed E-state index contributed by atoms with van der Waals surface area (Å²) in [5.41, 5.74) is 0.596. The topological polar surface area (TPSA) is 33.0 Å². The summed E-state index contributed by atoms with van der Waals surface area (Å²) in [7, 11) is 1.59. The van der Waals surface area contributed by atoms with Crippen molar-refractivity contribution in [1.82, 2.24) is 0 Å². The Morgan fingerprint density at radius 3 is 2.75 bits per heavy atom. The van der Waals surface area contributed by atoms with Crippen LogP contribution in [0.1, 0.15) is 5.56 Å². The van der Waals surface area contributed by atoms with E-state index in [9.17, 15) is 0 Å². The van der Waals surface area contributed by atoms with Gasteiger partial charge in [0.1, 0.15) is 5.75 Å². The molecule has 0 amide bonds. The zero-order valence-electron chi connectivity index (χ0n) is 6.27. The molecular formula is C8H5BrINO. The Balaban J connectivity index is 3.31. The highest BCUT2D eigenvalue weighted by Crippen LogP contribution is 2.29. The number of hydrogen-bond acceptors (Lipinski definition) is 2. The Kier molecular flexibility index (Phi) is 3.35. The maximum absolute atomic E-state index is 8.64. The van der Waals surface area contributed by atoms with Gasteiger partial charge in [0.15, 0.2) is 0 Å². The summed E-state index contributed by atoms with van der Waals surface area (Å²) in [4.78, 5) is 0. The quantitative estimate of drug-likeness (QED) is 0.738. The molecule has 0 saturated heterocycles. The molecule has 1 rings (SSSR count). The van der Waals surface area contributed by atoms with Crippen LogP contribution in [0, 0.1) is 14.9 Å². The van der Waals surface area contributed by atoms with Gasteiger partial charge in [0.25, 0.3) is 0 Å². The molecule has 2 nitrogen and oxygen atoms in total. The summed E-state index contributed by atoms with van der Waals surface area (Å²) in [5.74, 6) is 0.724. The fraction of sp³-hybridized carbons (Fsp3) is 0.125. The monoisotopic (exact) mass is 337 g/mol. The zero-order chi connectivity index (χ0) is 9.14. The summed E-state index contributed by atoms with van der Waals surface area (Å²) in [6.45, 7) is 0. The molecule has 62 valence electrons. The number of nitrogens with zero attached hydrogens (tertiary/aromatic N) is 1. The second kappa shape index (κ2) is 4.10. The molecule has 0 fully saturated rings. The summed E-state index contributed by atoms with van der Waals surface area (Å²) < 4.78 is 6.95. The molecule has 12 heavy (non-hydrogen) atoms. The summed E-state index contributed by atoms with van der Waals surface area (Å²) in [5, 5.41) is 8.64. The first kappa shape index (κ1) is 9.81. The van der Waals surface area contributed by atoms with Crippen LogP contribution in [0.25, 0.3) is 0 Å². The summed E-state index contributed by atoms with van der Waals surface area (Å²) in [6.07, 6.45) is 0. The lowest BCUT2D eigenvalue weighted by atomic mass is 10.2. The molecule has 0 saturated carbocycles. The Morgan fingerprint density at radius 1 is 1.58 bits per heavy atom. The third-order valence-corrected chi connectivity index (χ3v) is 3.82. The van der Waals surface area contributed by atoms with E-state index in [-0.39, 0.29) is 0 Å². The Labute approximate surface area is 92.8 Å². The maximum Gasteiger partial charge on any atom is 0.134 e. The van der Waals surface area contributed by atoms with Gasteiger partial charge in [-0.2, -0.15) is 5.26 Å². The van der Waals surface area contributed by atoms with Crippen LogP contribution >= 0.6 is 38.5 Å². The Bertz CT molecular complexity index is 346. The van der Waals surface area contributed by atoms with Crippen LogP contribution in [0.4, 0.5) is 0 Å². The summed E-state index contributed by atoms with van der Waals surface area (Å²) in [6, 6.07) is 5.54. The van der Waals surface area contributed by atoms with Gasteiger partial charge in [0.05, 0.1) is 22.3 Å². The van der Waals surface area contributed by atoms with E-state index in [1.165, 1.54) is 0 Å². The van der Waals surface area contributed by atoms with Crippen molar-refractivity contribution >= 4 is 38.5 Å². The molecule has 0 unspecified atom stereocenters. The Hall–Kier alpha value is -0.280. The van der Waals surface area contributed by atoms with Gasteiger partial charge in [-0.25, -0.2) is 0 Å². The second-order valence-electron chi connectivity index (χ2n) is 2.09. The molecule has 0 spiro atoms. The molecular weight excluding hydrogens is 333 g/mol. The minimum absolute atomic E-state index is 0.596. The lowest BCUT2D eigenvalue weighted by Crippen LogP contribution is -1.89. The van der Waals surface area contributed by atoms with E-state index >= 15 is 0 Å². The average Bonchev–Trinajstić information content (AvgIpc) is 2.09. The van der Waals surface area contributed by atoms with Crippen LogP contribution in [0.2, 0.25) is 0 Å². The largest absolute Gasteiger partial charge is 0.496 e. The van der Waals surface area contributed by atoms with Crippen LogP contribution in [-0.2, 0) is 0 Å². The van der Waals surface area contributed by atoms with Gasteiger partial charge < -0.3 is 4.74 Å². The molecule has 0 aromatic heterocycles. The van der Waals surface area contributed by atoms with Gasteiger partial charge in [-0.1, -0.05) is 0 Å². The highest BCUT2D eigenvalue weighted by atomic mass is 127. The number of halogens is 2. The predicted octanol–water partition coefficient (Wildman–Crippen LogP) is 2.93. The maximum atomic E-state index is 8.64. The lowest BCUT2D eigenvalue weighted by molar-refractivity contribution is 0.411. The summed E-state index contributed by atoms with van der Waals surface area (Å²) >= 11 is 5.50. The van der Waals surface area contributed by atoms with Crippen LogP contribution in [0.5, 0.6) is 5.75 Å². The third kappa shape index (κ3) is 1.90. The second-order valence-corrected chi connectivity index (χ2v) is 4.02. The van der Waals surface area contributed by atoms with Crippen molar-refractivity contribution in [3.63, 3.8) is 0 Å². The zero-order valence-corrected chi connectivity index (χ0v) is 10.0.